The van der Waals surface area contributed by atoms with Crippen molar-refractivity contribution in [3.63, 3.8) is 0 Å². The summed E-state index contributed by atoms with van der Waals surface area (Å²) in [6.07, 6.45) is 3.33. The molecular weight excluding hydrogens is 331 g/mol. The molecule has 3 aromatic rings. The fourth-order valence-electron chi connectivity index (χ4n) is 3.40. The van der Waals surface area contributed by atoms with E-state index in [0.29, 0.717) is 11.4 Å². The molecule has 1 aromatic heterocycles. The smallest absolute Gasteiger partial charge is 0.235 e. The standard InChI is InChI=1S/C21H21FN2O2/c1-13(2)26-19-6-4-3-5-18(19)24-20(25)21(9-10-21)16-12-23-17-8-7-14(22)11-15(16)17/h3-8,11-13,23H,9-10H2,1-2H3,(H,24,25). The number of halogens is 1. The summed E-state index contributed by atoms with van der Waals surface area (Å²) in [7, 11) is 0. The molecular formula is C21H21FN2O2. The van der Waals surface area contributed by atoms with Crippen molar-refractivity contribution in [2.24, 2.45) is 0 Å². The molecule has 1 aliphatic carbocycles. The Balaban J connectivity index is 1.65. The minimum Gasteiger partial charge on any atom is -0.489 e. The Morgan fingerprint density at radius 3 is 2.73 bits per heavy atom. The second kappa shape index (κ2) is 6.16. The number of para-hydroxylation sites is 2. The number of nitrogens with one attached hydrogen (secondary N) is 2. The van der Waals surface area contributed by atoms with Crippen LogP contribution >= 0.6 is 0 Å². The lowest BCUT2D eigenvalue weighted by molar-refractivity contribution is -0.118. The molecule has 4 rings (SSSR count). The van der Waals surface area contributed by atoms with Crippen LogP contribution in [0.3, 0.4) is 0 Å². The Bertz CT molecular complexity index is 973. The molecule has 5 heteroatoms. The maximum atomic E-state index is 13.7. The van der Waals surface area contributed by atoms with Gasteiger partial charge in [-0.1, -0.05) is 12.1 Å². The third-order valence-electron chi connectivity index (χ3n) is 4.84. The van der Waals surface area contributed by atoms with Gasteiger partial charge in [0.15, 0.2) is 0 Å². The molecule has 2 aromatic carbocycles. The van der Waals surface area contributed by atoms with Crippen molar-refractivity contribution in [2.75, 3.05) is 5.32 Å². The highest BCUT2D eigenvalue weighted by Crippen LogP contribution is 2.51. The van der Waals surface area contributed by atoms with Crippen molar-refractivity contribution in [1.82, 2.24) is 4.98 Å². The fourth-order valence-corrected chi connectivity index (χ4v) is 3.40. The molecule has 1 fully saturated rings. The van der Waals surface area contributed by atoms with Crippen molar-refractivity contribution < 1.29 is 13.9 Å². The van der Waals surface area contributed by atoms with Crippen LogP contribution in [0.25, 0.3) is 10.9 Å². The summed E-state index contributed by atoms with van der Waals surface area (Å²) in [6, 6.07) is 12.0. The first kappa shape index (κ1) is 16.6. The molecule has 1 amide bonds. The molecule has 134 valence electrons. The van der Waals surface area contributed by atoms with Crippen LogP contribution in [0.2, 0.25) is 0 Å². The fraction of sp³-hybridized carbons (Fsp3) is 0.286. The Labute approximate surface area is 151 Å². The topological polar surface area (TPSA) is 54.1 Å². The first-order valence-electron chi connectivity index (χ1n) is 8.84. The second-order valence-electron chi connectivity index (χ2n) is 7.09. The number of hydrogen-bond donors (Lipinski definition) is 2. The molecule has 0 spiro atoms. The Morgan fingerprint density at radius 1 is 1.23 bits per heavy atom. The summed E-state index contributed by atoms with van der Waals surface area (Å²) in [5, 5.41) is 3.78. The number of H-pyrrole nitrogens is 1. The number of aromatic amines is 1. The van der Waals surface area contributed by atoms with Crippen LogP contribution in [-0.2, 0) is 10.2 Å². The number of aromatic nitrogens is 1. The summed E-state index contributed by atoms with van der Waals surface area (Å²) < 4.78 is 19.5. The number of ether oxygens (including phenoxy) is 1. The third kappa shape index (κ3) is 2.83. The molecule has 26 heavy (non-hydrogen) atoms. The van der Waals surface area contributed by atoms with Crippen LogP contribution in [0.4, 0.5) is 10.1 Å². The van der Waals surface area contributed by atoms with E-state index in [1.54, 1.807) is 6.07 Å². The van der Waals surface area contributed by atoms with Crippen molar-refractivity contribution >= 4 is 22.5 Å². The molecule has 1 aliphatic rings. The SMILES string of the molecule is CC(C)Oc1ccccc1NC(=O)C1(c2c[nH]c3ccc(F)cc23)CC1. The van der Waals surface area contributed by atoms with E-state index >= 15 is 0 Å². The third-order valence-corrected chi connectivity index (χ3v) is 4.84. The zero-order valence-electron chi connectivity index (χ0n) is 14.8. The van der Waals surface area contributed by atoms with E-state index in [1.165, 1.54) is 12.1 Å². The van der Waals surface area contributed by atoms with Crippen molar-refractivity contribution in [3.05, 3.63) is 60.0 Å². The molecule has 0 unspecified atom stereocenters. The number of anilines is 1. The van der Waals surface area contributed by atoms with Gasteiger partial charge in [-0.05, 0) is 62.6 Å². The largest absolute Gasteiger partial charge is 0.489 e. The van der Waals surface area contributed by atoms with Crippen LogP contribution in [0.15, 0.2) is 48.7 Å². The molecule has 4 nitrogen and oxygen atoms in total. The minimum atomic E-state index is -0.614. The highest BCUT2D eigenvalue weighted by atomic mass is 19.1. The van der Waals surface area contributed by atoms with E-state index in [-0.39, 0.29) is 17.8 Å². The quantitative estimate of drug-likeness (QED) is 0.695. The summed E-state index contributed by atoms with van der Waals surface area (Å²) in [6.45, 7) is 3.89. The number of rotatable bonds is 5. The minimum absolute atomic E-state index is 0.0135. The monoisotopic (exact) mass is 352 g/mol. The predicted molar refractivity (Wildman–Crippen MR) is 100 cm³/mol. The van der Waals surface area contributed by atoms with E-state index < -0.39 is 5.41 Å². The van der Waals surface area contributed by atoms with Gasteiger partial charge >= 0.3 is 0 Å². The maximum absolute atomic E-state index is 13.7. The van der Waals surface area contributed by atoms with Crippen LogP contribution in [0.5, 0.6) is 5.75 Å². The van der Waals surface area contributed by atoms with Gasteiger partial charge in [0, 0.05) is 17.1 Å². The van der Waals surface area contributed by atoms with Gasteiger partial charge in [-0.2, -0.15) is 0 Å². The number of carbonyl (C=O) groups is 1. The molecule has 0 aliphatic heterocycles. The van der Waals surface area contributed by atoms with Crippen LogP contribution in [-0.4, -0.2) is 17.0 Å². The normalized spacial score (nSPS) is 15.2. The van der Waals surface area contributed by atoms with E-state index in [4.69, 9.17) is 4.74 Å². The van der Waals surface area contributed by atoms with Gasteiger partial charge in [0.2, 0.25) is 5.91 Å². The molecule has 2 N–H and O–H groups in total. The highest BCUT2D eigenvalue weighted by Gasteiger charge is 2.52. The average Bonchev–Trinajstić information content (AvgIpc) is 3.30. The zero-order chi connectivity index (χ0) is 18.3. The molecule has 0 radical (unpaired) electrons. The van der Waals surface area contributed by atoms with Gasteiger partial charge in [-0.3, -0.25) is 4.79 Å². The van der Waals surface area contributed by atoms with Crippen LogP contribution < -0.4 is 10.1 Å². The van der Waals surface area contributed by atoms with Crippen molar-refractivity contribution in [3.8, 4) is 5.75 Å². The molecule has 0 bridgehead atoms. The molecule has 0 saturated heterocycles. The maximum Gasteiger partial charge on any atom is 0.235 e. The number of amides is 1. The van der Waals surface area contributed by atoms with Crippen LogP contribution in [0, 0.1) is 5.82 Å². The molecule has 0 atom stereocenters. The van der Waals surface area contributed by atoms with Gasteiger partial charge in [0.25, 0.3) is 0 Å². The summed E-state index contributed by atoms with van der Waals surface area (Å²) in [5.41, 5.74) is 1.73. The van der Waals surface area contributed by atoms with Gasteiger partial charge in [-0.25, -0.2) is 4.39 Å². The first-order chi connectivity index (χ1) is 12.5. The Hall–Kier alpha value is -2.82. The summed E-state index contributed by atoms with van der Waals surface area (Å²) in [4.78, 5) is 16.2. The Kier molecular flexibility index (Phi) is 3.94. The van der Waals surface area contributed by atoms with E-state index in [0.717, 1.165) is 29.3 Å². The lowest BCUT2D eigenvalue weighted by Gasteiger charge is -2.18. The lowest BCUT2D eigenvalue weighted by atomic mass is 9.94. The number of hydrogen-bond acceptors (Lipinski definition) is 2. The summed E-state index contributed by atoms with van der Waals surface area (Å²) >= 11 is 0. The van der Waals surface area contributed by atoms with Crippen molar-refractivity contribution in [2.45, 2.75) is 38.2 Å². The van der Waals surface area contributed by atoms with Crippen LogP contribution in [0.1, 0.15) is 32.3 Å². The number of carbonyl (C=O) groups excluding carboxylic acids is 1. The predicted octanol–water partition coefficient (Wildman–Crippen LogP) is 4.76. The lowest BCUT2D eigenvalue weighted by Crippen LogP contribution is -2.28. The van der Waals surface area contributed by atoms with E-state index in [1.807, 2.05) is 44.3 Å². The first-order valence-corrected chi connectivity index (χ1v) is 8.84. The zero-order valence-corrected chi connectivity index (χ0v) is 14.8. The molecule has 1 heterocycles. The van der Waals surface area contributed by atoms with Gasteiger partial charge < -0.3 is 15.0 Å². The van der Waals surface area contributed by atoms with Crippen molar-refractivity contribution in [1.29, 1.82) is 0 Å². The Morgan fingerprint density at radius 2 is 2.00 bits per heavy atom. The van der Waals surface area contributed by atoms with Gasteiger partial charge in [-0.15, -0.1) is 0 Å². The van der Waals surface area contributed by atoms with E-state index in [2.05, 4.69) is 10.3 Å². The summed E-state index contributed by atoms with van der Waals surface area (Å²) in [5.74, 6) is 0.268. The molecule has 1 saturated carbocycles. The average molecular weight is 352 g/mol. The number of fused-ring (bicyclic) bond motifs is 1. The van der Waals surface area contributed by atoms with Gasteiger partial charge in [0.1, 0.15) is 11.6 Å². The number of benzene rings is 2. The van der Waals surface area contributed by atoms with E-state index in [9.17, 15) is 9.18 Å². The highest BCUT2D eigenvalue weighted by molar-refractivity contribution is 6.05. The van der Waals surface area contributed by atoms with Gasteiger partial charge in [0.05, 0.1) is 17.2 Å². The second-order valence-corrected chi connectivity index (χ2v) is 7.09.